The molecule has 128 valence electrons. The van der Waals surface area contributed by atoms with Crippen molar-refractivity contribution < 1.29 is 9.53 Å². The van der Waals surface area contributed by atoms with Crippen LogP contribution in [0.2, 0.25) is 10.0 Å². The number of carbonyl (C=O) groups excluding carboxylic acids is 1. The SMILES string of the molecule is O=C(COc1ccc(Cl)cc1Br)NCCSCc1ccc(Cl)cc1. The molecule has 0 heterocycles. The zero-order valence-electron chi connectivity index (χ0n) is 12.7. The first-order valence-corrected chi connectivity index (χ1v) is 9.91. The van der Waals surface area contributed by atoms with Gasteiger partial charge in [0.2, 0.25) is 0 Å². The highest BCUT2D eigenvalue weighted by molar-refractivity contribution is 9.10. The van der Waals surface area contributed by atoms with Gasteiger partial charge in [-0.15, -0.1) is 0 Å². The second kappa shape index (κ2) is 10.2. The van der Waals surface area contributed by atoms with Crippen molar-refractivity contribution in [2.45, 2.75) is 5.75 Å². The van der Waals surface area contributed by atoms with Crippen molar-refractivity contribution in [2.75, 3.05) is 18.9 Å². The van der Waals surface area contributed by atoms with Crippen LogP contribution in [-0.4, -0.2) is 24.8 Å². The number of nitrogens with one attached hydrogen (secondary N) is 1. The lowest BCUT2D eigenvalue weighted by Crippen LogP contribution is -2.30. The van der Waals surface area contributed by atoms with Gasteiger partial charge in [0.25, 0.3) is 5.91 Å². The molecule has 0 saturated carbocycles. The fourth-order valence-corrected chi connectivity index (χ4v) is 3.56. The van der Waals surface area contributed by atoms with Crippen molar-refractivity contribution in [3.8, 4) is 5.75 Å². The standard InChI is InChI=1S/C17H16BrCl2NO2S/c18-15-9-14(20)5-6-16(15)23-10-17(22)21-7-8-24-11-12-1-3-13(19)4-2-12/h1-6,9H,7-8,10-11H2,(H,21,22). The Kier molecular flexibility index (Phi) is 8.25. The molecule has 0 saturated heterocycles. The summed E-state index contributed by atoms with van der Waals surface area (Å²) in [7, 11) is 0. The minimum absolute atomic E-state index is 0.0257. The van der Waals surface area contributed by atoms with Gasteiger partial charge >= 0.3 is 0 Å². The third kappa shape index (κ3) is 6.93. The first-order chi connectivity index (χ1) is 11.5. The maximum Gasteiger partial charge on any atom is 0.257 e. The van der Waals surface area contributed by atoms with Crippen molar-refractivity contribution in [1.29, 1.82) is 0 Å². The molecule has 0 aliphatic heterocycles. The number of hydrogen-bond donors (Lipinski definition) is 1. The molecule has 2 rings (SSSR count). The number of halogens is 3. The average molecular weight is 449 g/mol. The van der Waals surface area contributed by atoms with Crippen LogP contribution >= 0.6 is 50.9 Å². The molecule has 24 heavy (non-hydrogen) atoms. The number of ether oxygens (including phenoxy) is 1. The van der Waals surface area contributed by atoms with E-state index in [2.05, 4.69) is 21.2 Å². The molecular formula is C17H16BrCl2NO2S. The number of amides is 1. The van der Waals surface area contributed by atoms with Crippen molar-refractivity contribution in [3.05, 3.63) is 62.5 Å². The van der Waals surface area contributed by atoms with E-state index in [9.17, 15) is 4.79 Å². The monoisotopic (exact) mass is 447 g/mol. The van der Waals surface area contributed by atoms with E-state index in [1.165, 1.54) is 5.56 Å². The molecule has 0 aliphatic carbocycles. The zero-order chi connectivity index (χ0) is 17.4. The summed E-state index contributed by atoms with van der Waals surface area (Å²) in [6.07, 6.45) is 0. The fraction of sp³-hybridized carbons (Fsp3) is 0.235. The normalized spacial score (nSPS) is 10.5. The van der Waals surface area contributed by atoms with Gasteiger partial charge < -0.3 is 10.1 Å². The summed E-state index contributed by atoms with van der Waals surface area (Å²) in [5.74, 6) is 2.16. The molecule has 3 nitrogen and oxygen atoms in total. The lowest BCUT2D eigenvalue weighted by atomic mass is 10.2. The van der Waals surface area contributed by atoms with E-state index in [-0.39, 0.29) is 12.5 Å². The molecule has 0 aromatic heterocycles. The van der Waals surface area contributed by atoms with Crippen LogP contribution < -0.4 is 10.1 Å². The molecule has 7 heteroatoms. The van der Waals surface area contributed by atoms with Crippen LogP contribution in [-0.2, 0) is 10.5 Å². The summed E-state index contributed by atoms with van der Waals surface area (Å²) < 4.78 is 6.18. The highest BCUT2D eigenvalue weighted by atomic mass is 79.9. The molecular weight excluding hydrogens is 433 g/mol. The maximum absolute atomic E-state index is 11.8. The van der Waals surface area contributed by atoms with Crippen LogP contribution in [0.1, 0.15) is 5.56 Å². The minimum Gasteiger partial charge on any atom is -0.483 e. The topological polar surface area (TPSA) is 38.3 Å². The van der Waals surface area contributed by atoms with Crippen LogP contribution in [0.15, 0.2) is 46.9 Å². The van der Waals surface area contributed by atoms with Crippen LogP contribution in [0.25, 0.3) is 0 Å². The number of hydrogen-bond acceptors (Lipinski definition) is 3. The molecule has 0 bridgehead atoms. The third-order valence-electron chi connectivity index (χ3n) is 3.00. The first-order valence-electron chi connectivity index (χ1n) is 7.21. The van der Waals surface area contributed by atoms with Crippen LogP contribution in [0, 0.1) is 0 Å². The Morgan fingerprint density at radius 3 is 2.54 bits per heavy atom. The Morgan fingerprint density at radius 2 is 1.83 bits per heavy atom. The Balaban J connectivity index is 1.60. The number of carbonyl (C=O) groups is 1. The van der Waals surface area contributed by atoms with E-state index in [1.54, 1.807) is 30.0 Å². The molecule has 1 N–H and O–H groups in total. The number of benzene rings is 2. The number of thioether (sulfide) groups is 1. The lowest BCUT2D eigenvalue weighted by Gasteiger charge is -2.09. The minimum atomic E-state index is -0.149. The van der Waals surface area contributed by atoms with Crippen LogP contribution in [0.3, 0.4) is 0 Å². The molecule has 0 aliphatic rings. The van der Waals surface area contributed by atoms with Gasteiger partial charge in [-0.3, -0.25) is 4.79 Å². The maximum atomic E-state index is 11.8. The summed E-state index contributed by atoms with van der Waals surface area (Å²) >= 11 is 16.8. The Morgan fingerprint density at radius 1 is 1.12 bits per heavy atom. The molecule has 0 unspecified atom stereocenters. The van der Waals surface area contributed by atoms with E-state index in [0.717, 1.165) is 21.0 Å². The molecule has 0 radical (unpaired) electrons. The van der Waals surface area contributed by atoms with E-state index >= 15 is 0 Å². The molecule has 2 aromatic carbocycles. The highest BCUT2D eigenvalue weighted by Crippen LogP contribution is 2.27. The second-order valence-corrected chi connectivity index (χ2v) is 7.72. The van der Waals surface area contributed by atoms with E-state index in [1.807, 2.05) is 24.3 Å². The largest absolute Gasteiger partial charge is 0.483 e. The van der Waals surface area contributed by atoms with Crippen molar-refractivity contribution in [1.82, 2.24) is 5.32 Å². The van der Waals surface area contributed by atoms with Gasteiger partial charge in [0, 0.05) is 28.1 Å². The fourth-order valence-electron chi connectivity index (χ4n) is 1.82. The van der Waals surface area contributed by atoms with Gasteiger partial charge in [-0.25, -0.2) is 0 Å². The summed E-state index contributed by atoms with van der Waals surface area (Å²) in [4.78, 5) is 11.8. The summed E-state index contributed by atoms with van der Waals surface area (Å²) in [5, 5.41) is 4.18. The van der Waals surface area contributed by atoms with Crippen molar-refractivity contribution in [2.24, 2.45) is 0 Å². The van der Waals surface area contributed by atoms with Crippen molar-refractivity contribution in [3.63, 3.8) is 0 Å². The smallest absolute Gasteiger partial charge is 0.257 e. The molecule has 0 spiro atoms. The molecule has 1 amide bonds. The third-order valence-corrected chi connectivity index (χ3v) is 5.14. The van der Waals surface area contributed by atoms with Gasteiger partial charge in [-0.05, 0) is 51.8 Å². The summed E-state index contributed by atoms with van der Waals surface area (Å²) in [6.45, 7) is 0.574. The van der Waals surface area contributed by atoms with Crippen LogP contribution in [0.4, 0.5) is 0 Å². The number of rotatable bonds is 8. The highest BCUT2D eigenvalue weighted by Gasteiger charge is 2.06. The second-order valence-electron chi connectivity index (χ2n) is 4.89. The zero-order valence-corrected chi connectivity index (χ0v) is 16.6. The van der Waals surface area contributed by atoms with E-state index in [0.29, 0.717) is 17.3 Å². The predicted molar refractivity (Wildman–Crippen MR) is 105 cm³/mol. The van der Waals surface area contributed by atoms with Gasteiger partial charge in [0.15, 0.2) is 6.61 Å². The van der Waals surface area contributed by atoms with E-state index < -0.39 is 0 Å². The Hall–Kier alpha value is -0.880. The van der Waals surface area contributed by atoms with Gasteiger partial charge in [-0.2, -0.15) is 11.8 Å². The summed E-state index contributed by atoms with van der Waals surface area (Å²) in [5.41, 5.74) is 1.21. The predicted octanol–water partition coefficient (Wildman–Crippen LogP) is 5.18. The molecule has 0 atom stereocenters. The Bertz CT molecular complexity index is 683. The molecule has 2 aromatic rings. The first kappa shape index (κ1) is 19.4. The molecule has 0 fully saturated rings. The van der Waals surface area contributed by atoms with Crippen LogP contribution in [0.5, 0.6) is 5.75 Å². The van der Waals surface area contributed by atoms with Gasteiger partial charge in [0.05, 0.1) is 4.47 Å². The van der Waals surface area contributed by atoms with Gasteiger partial charge in [0.1, 0.15) is 5.75 Å². The van der Waals surface area contributed by atoms with Gasteiger partial charge in [-0.1, -0.05) is 35.3 Å². The van der Waals surface area contributed by atoms with Crippen molar-refractivity contribution >= 4 is 56.8 Å². The average Bonchev–Trinajstić information content (AvgIpc) is 2.55. The Labute approximate surface area is 164 Å². The summed E-state index contributed by atoms with van der Waals surface area (Å²) in [6, 6.07) is 12.9. The quantitative estimate of drug-likeness (QED) is 0.565. The lowest BCUT2D eigenvalue weighted by molar-refractivity contribution is -0.122. The van der Waals surface area contributed by atoms with E-state index in [4.69, 9.17) is 27.9 Å².